The number of likely N-dealkylation sites (tertiary alicyclic amines) is 2. The van der Waals surface area contributed by atoms with E-state index in [1.165, 1.54) is 0 Å². The monoisotopic (exact) mass is 316 g/mol. The average molecular weight is 316 g/mol. The molecule has 0 bridgehead atoms. The highest BCUT2D eigenvalue weighted by molar-refractivity contribution is 7.92. The molecular weight excluding hydrogens is 288 g/mol. The molecule has 122 valence electrons. The molecule has 6 heteroatoms. The maximum absolute atomic E-state index is 12.3. The summed E-state index contributed by atoms with van der Waals surface area (Å²) in [5, 5.41) is -0.299. The topological polar surface area (TPSA) is 57.7 Å². The van der Waals surface area contributed by atoms with Crippen LogP contribution in [0.4, 0.5) is 0 Å². The standard InChI is InChI=1S/C15H28N2O3S/c1-13(2)21(19,20)12-11-16-9-5-14(6-10-16)15(18)17-7-3-4-8-17/h13-14H,3-12H2,1-2H3. The number of carbonyl (C=O) groups excluding carboxylic acids is 1. The van der Waals surface area contributed by atoms with Crippen LogP contribution in [-0.2, 0) is 14.6 Å². The SMILES string of the molecule is CC(C)S(=O)(=O)CCN1CCC(C(=O)N2CCCC2)CC1. The van der Waals surface area contributed by atoms with E-state index in [1.807, 2.05) is 4.90 Å². The minimum Gasteiger partial charge on any atom is -0.342 e. The zero-order valence-electron chi connectivity index (χ0n) is 13.3. The highest BCUT2D eigenvalue weighted by Crippen LogP contribution is 2.22. The van der Waals surface area contributed by atoms with E-state index in [9.17, 15) is 13.2 Å². The van der Waals surface area contributed by atoms with Crippen molar-refractivity contribution in [3.63, 3.8) is 0 Å². The molecule has 2 aliphatic heterocycles. The zero-order chi connectivity index (χ0) is 15.5. The van der Waals surface area contributed by atoms with E-state index < -0.39 is 9.84 Å². The predicted molar refractivity (Wildman–Crippen MR) is 83.9 cm³/mol. The first kappa shape index (κ1) is 16.7. The summed E-state index contributed by atoms with van der Waals surface area (Å²) in [5.41, 5.74) is 0. The summed E-state index contributed by atoms with van der Waals surface area (Å²) in [4.78, 5) is 16.5. The molecular formula is C15H28N2O3S. The van der Waals surface area contributed by atoms with Crippen molar-refractivity contribution in [1.82, 2.24) is 9.80 Å². The Morgan fingerprint density at radius 3 is 2.19 bits per heavy atom. The molecule has 2 rings (SSSR count). The van der Waals surface area contributed by atoms with E-state index >= 15 is 0 Å². The Labute approximate surface area is 128 Å². The van der Waals surface area contributed by atoms with Gasteiger partial charge in [0.25, 0.3) is 0 Å². The van der Waals surface area contributed by atoms with Crippen LogP contribution >= 0.6 is 0 Å². The first-order valence-electron chi connectivity index (χ1n) is 8.13. The molecule has 2 heterocycles. The molecule has 0 unspecified atom stereocenters. The van der Waals surface area contributed by atoms with E-state index in [2.05, 4.69) is 4.90 Å². The van der Waals surface area contributed by atoms with Gasteiger partial charge in [-0.15, -0.1) is 0 Å². The Morgan fingerprint density at radius 1 is 1.10 bits per heavy atom. The smallest absolute Gasteiger partial charge is 0.225 e. The van der Waals surface area contributed by atoms with Crippen LogP contribution in [0.5, 0.6) is 0 Å². The van der Waals surface area contributed by atoms with Gasteiger partial charge >= 0.3 is 0 Å². The predicted octanol–water partition coefficient (Wildman–Crippen LogP) is 1.14. The molecule has 1 amide bonds. The second-order valence-electron chi connectivity index (χ2n) is 6.56. The maximum Gasteiger partial charge on any atom is 0.225 e. The fourth-order valence-electron chi connectivity index (χ4n) is 3.09. The molecule has 2 saturated heterocycles. The van der Waals surface area contributed by atoms with Crippen molar-refractivity contribution >= 4 is 15.7 Å². The van der Waals surface area contributed by atoms with Gasteiger partial charge in [0.1, 0.15) is 0 Å². The van der Waals surface area contributed by atoms with Crippen molar-refractivity contribution < 1.29 is 13.2 Å². The molecule has 0 saturated carbocycles. The highest BCUT2D eigenvalue weighted by atomic mass is 32.2. The normalized spacial score (nSPS) is 22.1. The minimum absolute atomic E-state index is 0.154. The Balaban J connectivity index is 1.74. The van der Waals surface area contributed by atoms with Crippen LogP contribution in [0.2, 0.25) is 0 Å². The number of sulfone groups is 1. The Hall–Kier alpha value is -0.620. The van der Waals surface area contributed by atoms with E-state index in [0.29, 0.717) is 12.5 Å². The first-order chi connectivity index (χ1) is 9.90. The average Bonchev–Trinajstić information content (AvgIpc) is 2.99. The van der Waals surface area contributed by atoms with Gasteiger partial charge in [-0.1, -0.05) is 0 Å². The van der Waals surface area contributed by atoms with Crippen LogP contribution in [0, 0.1) is 5.92 Å². The number of piperidine rings is 1. The number of hydrogen-bond donors (Lipinski definition) is 0. The summed E-state index contributed by atoms with van der Waals surface area (Å²) in [5.74, 6) is 0.707. The molecule has 0 aromatic heterocycles. The summed E-state index contributed by atoms with van der Waals surface area (Å²) in [6.45, 7) is 7.60. The van der Waals surface area contributed by atoms with Crippen LogP contribution in [0.1, 0.15) is 39.5 Å². The molecule has 0 radical (unpaired) electrons. The lowest BCUT2D eigenvalue weighted by molar-refractivity contribution is -0.135. The van der Waals surface area contributed by atoms with Gasteiger partial charge in [0, 0.05) is 25.6 Å². The van der Waals surface area contributed by atoms with Gasteiger partial charge < -0.3 is 9.80 Å². The van der Waals surface area contributed by atoms with E-state index in [1.54, 1.807) is 13.8 Å². The summed E-state index contributed by atoms with van der Waals surface area (Å²) >= 11 is 0. The zero-order valence-corrected chi connectivity index (χ0v) is 14.1. The molecule has 0 aliphatic carbocycles. The third-order valence-corrected chi connectivity index (χ3v) is 6.95. The maximum atomic E-state index is 12.3. The Kier molecular flexibility index (Phi) is 5.66. The fourth-order valence-corrected chi connectivity index (χ4v) is 4.08. The van der Waals surface area contributed by atoms with E-state index in [-0.39, 0.29) is 16.9 Å². The lowest BCUT2D eigenvalue weighted by Gasteiger charge is -2.33. The highest BCUT2D eigenvalue weighted by Gasteiger charge is 2.30. The van der Waals surface area contributed by atoms with Crippen molar-refractivity contribution in [3.05, 3.63) is 0 Å². The number of rotatable bonds is 5. The lowest BCUT2D eigenvalue weighted by Crippen LogP contribution is -2.43. The second-order valence-corrected chi connectivity index (χ2v) is 9.24. The first-order valence-corrected chi connectivity index (χ1v) is 9.84. The number of nitrogens with zero attached hydrogens (tertiary/aromatic N) is 2. The van der Waals surface area contributed by atoms with Gasteiger partial charge in [0.15, 0.2) is 9.84 Å². The van der Waals surface area contributed by atoms with Crippen molar-refractivity contribution in [2.24, 2.45) is 5.92 Å². The van der Waals surface area contributed by atoms with Gasteiger partial charge in [-0.25, -0.2) is 8.42 Å². The van der Waals surface area contributed by atoms with Crippen molar-refractivity contribution in [1.29, 1.82) is 0 Å². The number of carbonyl (C=O) groups is 1. The molecule has 0 N–H and O–H groups in total. The molecule has 2 aliphatic rings. The van der Waals surface area contributed by atoms with Gasteiger partial charge in [0.2, 0.25) is 5.91 Å². The molecule has 5 nitrogen and oxygen atoms in total. The quantitative estimate of drug-likeness (QED) is 0.763. The Morgan fingerprint density at radius 2 is 1.67 bits per heavy atom. The number of amides is 1. The molecule has 0 atom stereocenters. The lowest BCUT2D eigenvalue weighted by atomic mass is 9.95. The molecule has 0 spiro atoms. The van der Waals surface area contributed by atoms with Crippen LogP contribution < -0.4 is 0 Å². The van der Waals surface area contributed by atoms with Gasteiger partial charge in [-0.05, 0) is 52.6 Å². The largest absolute Gasteiger partial charge is 0.342 e. The molecule has 0 aromatic rings. The van der Waals surface area contributed by atoms with Gasteiger partial charge in [-0.3, -0.25) is 4.79 Å². The summed E-state index contributed by atoms with van der Waals surface area (Å²) in [6.07, 6.45) is 4.02. The fraction of sp³-hybridized carbons (Fsp3) is 0.933. The van der Waals surface area contributed by atoms with Crippen LogP contribution in [0.25, 0.3) is 0 Å². The third-order valence-electron chi connectivity index (χ3n) is 4.76. The van der Waals surface area contributed by atoms with Crippen LogP contribution in [-0.4, -0.2) is 67.9 Å². The van der Waals surface area contributed by atoms with Gasteiger partial charge in [-0.2, -0.15) is 0 Å². The summed E-state index contributed by atoms with van der Waals surface area (Å²) < 4.78 is 23.7. The van der Waals surface area contributed by atoms with Gasteiger partial charge in [0.05, 0.1) is 11.0 Å². The molecule has 0 aromatic carbocycles. The second kappa shape index (κ2) is 7.09. The van der Waals surface area contributed by atoms with E-state index in [4.69, 9.17) is 0 Å². The number of hydrogen-bond acceptors (Lipinski definition) is 4. The molecule has 2 fully saturated rings. The van der Waals surface area contributed by atoms with Crippen LogP contribution in [0.15, 0.2) is 0 Å². The van der Waals surface area contributed by atoms with Crippen molar-refractivity contribution in [3.8, 4) is 0 Å². The van der Waals surface area contributed by atoms with E-state index in [0.717, 1.165) is 51.9 Å². The third kappa shape index (κ3) is 4.42. The Bertz CT molecular complexity index is 448. The summed E-state index contributed by atoms with van der Waals surface area (Å²) in [7, 11) is -2.96. The van der Waals surface area contributed by atoms with Crippen LogP contribution in [0.3, 0.4) is 0 Å². The van der Waals surface area contributed by atoms with Crippen molar-refractivity contribution in [2.45, 2.75) is 44.8 Å². The minimum atomic E-state index is -2.96. The van der Waals surface area contributed by atoms with Crippen molar-refractivity contribution in [2.75, 3.05) is 38.5 Å². The molecule has 21 heavy (non-hydrogen) atoms. The summed E-state index contributed by atoms with van der Waals surface area (Å²) in [6, 6.07) is 0.